The molecule has 2 aliphatic carbocycles. The Hall–Kier alpha value is -2.67. The second kappa shape index (κ2) is 5.67. The standard InChI is InChI=1S/C19H22N6O/c1-9-6-12-13(17(12)26)8-15(9)22-18-11-3-2-10(14-4-5-21-25-14)7-16(11)23-19(20)24-18/h2-5,7,9,12-13,15,17,26H,6,8H2,1H3,(H,21,25)(H3,20,22,23,24)/t9-,12+,13-,15-,17-/m0/s1. The van der Waals surface area contributed by atoms with Crippen molar-refractivity contribution in [2.45, 2.75) is 31.9 Å². The second-order valence-corrected chi connectivity index (χ2v) is 7.65. The molecule has 0 radical (unpaired) electrons. The molecule has 7 nitrogen and oxygen atoms in total. The monoisotopic (exact) mass is 350 g/mol. The molecule has 134 valence electrons. The van der Waals surface area contributed by atoms with Gasteiger partial charge in [0.15, 0.2) is 0 Å². The molecular weight excluding hydrogens is 328 g/mol. The van der Waals surface area contributed by atoms with Crippen molar-refractivity contribution in [3.63, 3.8) is 0 Å². The van der Waals surface area contributed by atoms with Gasteiger partial charge in [-0.15, -0.1) is 0 Å². The van der Waals surface area contributed by atoms with Gasteiger partial charge < -0.3 is 16.2 Å². The number of nitrogens with one attached hydrogen (secondary N) is 2. The van der Waals surface area contributed by atoms with Crippen molar-refractivity contribution in [3.8, 4) is 11.3 Å². The molecule has 2 fully saturated rings. The summed E-state index contributed by atoms with van der Waals surface area (Å²) in [6.45, 7) is 2.24. The first-order valence-corrected chi connectivity index (χ1v) is 9.12. The Morgan fingerprint density at radius 3 is 2.85 bits per heavy atom. The lowest BCUT2D eigenvalue weighted by Gasteiger charge is -2.29. The Morgan fingerprint density at radius 1 is 1.19 bits per heavy atom. The first-order chi connectivity index (χ1) is 12.6. The molecular formula is C19H22N6O. The number of hydrogen-bond acceptors (Lipinski definition) is 6. The molecule has 2 aromatic heterocycles. The Bertz CT molecular complexity index is 956. The molecule has 0 unspecified atom stereocenters. The Balaban J connectivity index is 1.49. The van der Waals surface area contributed by atoms with E-state index < -0.39 is 0 Å². The van der Waals surface area contributed by atoms with Crippen LogP contribution in [0.15, 0.2) is 30.5 Å². The Labute approximate surface area is 151 Å². The molecule has 0 saturated heterocycles. The lowest BCUT2D eigenvalue weighted by molar-refractivity contribution is 0.247. The fourth-order valence-corrected chi connectivity index (χ4v) is 4.39. The van der Waals surface area contributed by atoms with Crippen molar-refractivity contribution in [1.82, 2.24) is 20.2 Å². The molecule has 0 amide bonds. The number of aromatic amines is 1. The summed E-state index contributed by atoms with van der Waals surface area (Å²) in [5, 5.41) is 21.5. The van der Waals surface area contributed by atoms with Gasteiger partial charge in [0.25, 0.3) is 0 Å². The molecule has 0 spiro atoms. The molecule has 1 aromatic carbocycles. The summed E-state index contributed by atoms with van der Waals surface area (Å²) < 4.78 is 0. The Morgan fingerprint density at radius 2 is 2.04 bits per heavy atom. The minimum absolute atomic E-state index is 0.117. The number of nitrogens with two attached hydrogens (primary N) is 1. The molecule has 2 aliphatic rings. The van der Waals surface area contributed by atoms with E-state index in [0.717, 1.165) is 40.8 Å². The Kier molecular flexibility index (Phi) is 3.40. The van der Waals surface area contributed by atoms with Gasteiger partial charge >= 0.3 is 0 Å². The number of rotatable bonds is 3. The molecule has 3 aromatic rings. The lowest BCUT2D eigenvalue weighted by Crippen LogP contribution is -2.32. The van der Waals surface area contributed by atoms with Crippen molar-refractivity contribution in [1.29, 1.82) is 0 Å². The zero-order chi connectivity index (χ0) is 17.8. The topological polar surface area (TPSA) is 113 Å². The number of aliphatic hydroxyl groups is 1. The summed E-state index contributed by atoms with van der Waals surface area (Å²) in [5.74, 6) is 2.45. The normalized spacial score (nSPS) is 30.2. The van der Waals surface area contributed by atoms with Gasteiger partial charge in [-0.05, 0) is 48.8 Å². The van der Waals surface area contributed by atoms with Gasteiger partial charge in [0.1, 0.15) is 5.82 Å². The van der Waals surface area contributed by atoms with Crippen molar-refractivity contribution in [2.24, 2.45) is 17.8 Å². The predicted molar refractivity (Wildman–Crippen MR) is 100 cm³/mol. The predicted octanol–water partition coefficient (Wildman–Crippen LogP) is 2.42. The number of benzene rings is 1. The molecule has 2 saturated carbocycles. The number of aliphatic hydroxyl groups excluding tert-OH is 1. The summed E-state index contributed by atoms with van der Waals surface area (Å²) >= 11 is 0. The highest BCUT2D eigenvalue weighted by Crippen LogP contribution is 2.52. The quantitative estimate of drug-likeness (QED) is 0.577. The van der Waals surface area contributed by atoms with Crippen LogP contribution in [0.5, 0.6) is 0 Å². The third kappa shape index (κ3) is 2.50. The van der Waals surface area contributed by atoms with Crippen LogP contribution in [0.1, 0.15) is 19.8 Å². The summed E-state index contributed by atoms with van der Waals surface area (Å²) in [4.78, 5) is 8.86. The van der Waals surface area contributed by atoms with E-state index in [1.54, 1.807) is 6.20 Å². The maximum atomic E-state index is 9.98. The highest BCUT2D eigenvalue weighted by molar-refractivity contribution is 5.92. The fourth-order valence-electron chi connectivity index (χ4n) is 4.39. The minimum Gasteiger partial charge on any atom is -0.393 e. The molecule has 0 aliphatic heterocycles. The van der Waals surface area contributed by atoms with E-state index in [1.807, 2.05) is 24.3 Å². The van der Waals surface area contributed by atoms with Gasteiger partial charge in [-0.2, -0.15) is 10.1 Å². The van der Waals surface area contributed by atoms with Gasteiger partial charge in [0.2, 0.25) is 5.95 Å². The average Bonchev–Trinajstić information content (AvgIpc) is 3.02. The average molecular weight is 350 g/mol. The van der Waals surface area contributed by atoms with Crippen LogP contribution < -0.4 is 11.1 Å². The van der Waals surface area contributed by atoms with Crippen LogP contribution >= 0.6 is 0 Å². The maximum Gasteiger partial charge on any atom is 0.222 e. The van der Waals surface area contributed by atoms with E-state index in [4.69, 9.17) is 5.73 Å². The summed E-state index contributed by atoms with van der Waals surface area (Å²) in [6, 6.07) is 8.27. The lowest BCUT2D eigenvalue weighted by atomic mass is 9.86. The van der Waals surface area contributed by atoms with Gasteiger partial charge in [-0.3, -0.25) is 5.10 Å². The molecule has 5 N–H and O–H groups in total. The van der Waals surface area contributed by atoms with E-state index >= 15 is 0 Å². The highest BCUT2D eigenvalue weighted by Gasteiger charge is 2.54. The molecule has 0 bridgehead atoms. The van der Waals surface area contributed by atoms with Crippen molar-refractivity contribution in [3.05, 3.63) is 30.5 Å². The van der Waals surface area contributed by atoms with Crippen molar-refractivity contribution < 1.29 is 5.11 Å². The summed E-state index contributed by atoms with van der Waals surface area (Å²) in [7, 11) is 0. The molecule has 26 heavy (non-hydrogen) atoms. The highest BCUT2D eigenvalue weighted by atomic mass is 16.3. The maximum absolute atomic E-state index is 9.98. The number of nitrogen functional groups attached to an aromatic ring is 1. The van der Waals surface area contributed by atoms with Gasteiger partial charge in [-0.25, -0.2) is 4.98 Å². The fraction of sp³-hybridized carbons (Fsp3) is 0.421. The van der Waals surface area contributed by atoms with Crippen molar-refractivity contribution in [2.75, 3.05) is 11.1 Å². The zero-order valence-corrected chi connectivity index (χ0v) is 14.6. The van der Waals surface area contributed by atoms with Crippen LogP contribution in [0.4, 0.5) is 11.8 Å². The first-order valence-electron chi connectivity index (χ1n) is 9.12. The number of fused-ring (bicyclic) bond motifs is 2. The third-order valence-electron chi connectivity index (χ3n) is 5.99. The van der Waals surface area contributed by atoms with Crippen molar-refractivity contribution >= 4 is 22.7 Å². The number of hydrogen-bond donors (Lipinski definition) is 4. The first kappa shape index (κ1) is 15.6. The van der Waals surface area contributed by atoms with Crippen LogP contribution in [0.3, 0.4) is 0 Å². The minimum atomic E-state index is -0.117. The summed E-state index contributed by atoms with van der Waals surface area (Å²) in [6.07, 6.45) is 3.65. The van der Waals surface area contributed by atoms with Gasteiger partial charge in [0, 0.05) is 23.2 Å². The van der Waals surface area contributed by atoms with Gasteiger partial charge in [0.05, 0.1) is 17.3 Å². The second-order valence-electron chi connectivity index (χ2n) is 7.65. The summed E-state index contributed by atoms with van der Waals surface area (Å²) in [5.41, 5.74) is 8.72. The van der Waals surface area contributed by atoms with E-state index in [9.17, 15) is 5.11 Å². The largest absolute Gasteiger partial charge is 0.393 e. The van der Waals surface area contributed by atoms with E-state index in [2.05, 4.69) is 32.4 Å². The number of H-pyrrole nitrogens is 1. The number of nitrogens with zero attached hydrogens (tertiary/aromatic N) is 3. The van der Waals surface area contributed by atoms with Gasteiger partial charge in [-0.1, -0.05) is 13.0 Å². The smallest absolute Gasteiger partial charge is 0.222 e. The molecule has 5 rings (SSSR count). The van der Waals surface area contributed by atoms with Crippen LogP contribution in [0.25, 0.3) is 22.2 Å². The van der Waals surface area contributed by atoms with Crippen LogP contribution in [0, 0.1) is 17.8 Å². The third-order valence-corrected chi connectivity index (χ3v) is 5.99. The molecule has 5 atom stereocenters. The van der Waals surface area contributed by atoms with Crippen LogP contribution in [-0.4, -0.2) is 37.4 Å². The number of anilines is 2. The van der Waals surface area contributed by atoms with E-state index in [0.29, 0.717) is 17.8 Å². The van der Waals surface area contributed by atoms with Crippen LogP contribution in [-0.2, 0) is 0 Å². The van der Waals surface area contributed by atoms with E-state index in [1.165, 1.54) is 0 Å². The molecule has 2 heterocycles. The molecule has 7 heteroatoms. The van der Waals surface area contributed by atoms with Crippen LogP contribution in [0.2, 0.25) is 0 Å². The zero-order valence-electron chi connectivity index (χ0n) is 14.6. The number of aromatic nitrogens is 4. The van der Waals surface area contributed by atoms with E-state index in [-0.39, 0.29) is 18.1 Å². The SMILES string of the molecule is C[C@H]1C[C@H]2[C@H](O)[C@H]2C[C@@H]1Nc1nc(N)nc2cc(-c3ccn[nH]3)ccc12.